The number of amides is 1. The van der Waals surface area contributed by atoms with E-state index in [1.54, 1.807) is 19.2 Å². The van der Waals surface area contributed by atoms with E-state index in [4.69, 9.17) is 10.5 Å². The number of rotatable bonds is 5. The summed E-state index contributed by atoms with van der Waals surface area (Å²) in [6.45, 7) is 4.70. The van der Waals surface area contributed by atoms with Crippen molar-refractivity contribution in [2.45, 2.75) is 32.3 Å². The Morgan fingerprint density at radius 1 is 1.52 bits per heavy atom. The highest BCUT2D eigenvalue weighted by Gasteiger charge is 2.22. The molecule has 5 heteroatoms. The van der Waals surface area contributed by atoms with Crippen molar-refractivity contribution in [3.8, 4) is 0 Å². The molecule has 0 spiro atoms. The van der Waals surface area contributed by atoms with Gasteiger partial charge in [-0.15, -0.1) is 0 Å². The minimum absolute atomic E-state index is 0.0907. The molecule has 21 heavy (non-hydrogen) atoms. The smallest absolute Gasteiger partial charge is 0.251 e. The van der Waals surface area contributed by atoms with Gasteiger partial charge in [-0.05, 0) is 37.5 Å². The van der Waals surface area contributed by atoms with Crippen LogP contribution >= 0.6 is 0 Å². The largest absolute Gasteiger partial charge is 0.397 e. The molecule has 1 aliphatic heterocycles. The molecule has 1 atom stereocenters. The third kappa shape index (κ3) is 3.88. The van der Waals surface area contributed by atoms with Crippen LogP contribution in [0.1, 0.15) is 36.5 Å². The molecule has 0 aliphatic carbocycles. The van der Waals surface area contributed by atoms with Gasteiger partial charge in [0.15, 0.2) is 0 Å². The third-order valence-corrected chi connectivity index (χ3v) is 3.80. The molecule has 0 radical (unpaired) electrons. The Bertz CT molecular complexity index is 490. The third-order valence-electron chi connectivity index (χ3n) is 3.80. The van der Waals surface area contributed by atoms with Crippen molar-refractivity contribution in [1.82, 2.24) is 5.32 Å². The Morgan fingerprint density at radius 2 is 2.33 bits per heavy atom. The van der Waals surface area contributed by atoms with Gasteiger partial charge in [0.2, 0.25) is 0 Å². The van der Waals surface area contributed by atoms with Crippen LogP contribution in [0, 0.1) is 0 Å². The summed E-state index contributed by atoms with van der Waals surface area (Å²) in [5.41, 5.74) is 8.37. The van der Waals surface area contributed by atoms with Gasteiger partial charge in [-0.1, -0.05) is 6.92 Å². The van der Waals surface area contributed by atoms with Gasteiger partial charge in [0.25, 0.3) is 5.91 Å². The zero-order valence-electron chi connectivity index (χ0n) is 12.9. The van der Waals surface area contributed by atoms with E-state index in [1.165, 1.54) is 0 Å². The molecule has 116 valence electrons. The number of piperidine rings is 1. The van der Waals surface area contributed by atoms with Crippen LogP contribution < -0.4 is 16.0 Å². The first-order valence-electron chi connectivity index (χ1n) is 7.63. The average Bonchev–Trinajstić information content (AvgIpc) is 2.53. The normalized spacial score (nSPS) is 18.6. The molecule has 0 bridgehead atoms. The zero-order valence-corrected chi connectivity index (χ0v) is 12.9. The van der Waals surface area contributed by atoms with Gasteiger partial charge >= 0.3 is 0 Å². The van der Waals surface area contributed by atoms with Gasteiger partial charge in [0.1, 0.15) is 0 Å². The molecular weight excluding hydrogens is 266 g/mol. The molecule has 0 aromatic heterocycles. The Kier molecular flexibility index (Phi) is 5.44. The van der Waals surface area contributed by atoms with Crippen molar-refractivity contribution in [1.29, 1.82) is 0 Å². The number of benzene rings is 1. The van der Waals surface area contributed by atoms with Gasteiger partial charge in [0.05, 0.1) is 17.5 Å². The lowest BCUT2D eigenvalue weighted by molar-refractivity contribution is 0.0441. The predicted molar refractivity (Wildman–Crippen MR) is 85.7 cm³/mol. The number of hydrogen-bond donors (Lipinski definition) is 2. The van der Waals surface area contributed by atoms with Gasteiger partial charge in [-0.25, -0.2) is 0 Å². The second kappa shape index (κ2) is 7.31. The number of nitrogen functional groups attached to an aromatic ring is 1. The minimum Gasteiger partial charge on any atom is -0.397 e. The number of ether oxygens (including phenoxy) is 1. The number of hydrogen-bond acceptors (Lipinski definition) is 4. The predicted octanol–water partition coefficient (Wildman–Crippen LogP) is 2.02. The standard InChI is InChI=1S/C16H25N3O2/c1-3-9-21-13-5-4-8-19(11-13)15-10-12(16(20)18-2)6-7-14(15)17/h6-7,10,13H,3-5,8-9,11,17H2,1-2H3,(H,18,20). The van der Waals surface area contributed by atoms with E-state index in [0.29, 0.717) is 11.3 Å². The van der Waals surface area contributed by atoms with Crippen LogP contribution in [0.3, 0.4) is 0 Å². The highest BCUT2D eigenvalue weighted by atomic mass is 16.5. The van der Waals surface area contributed by atoms with Crippen molar-refractivity contribution in [2.24, 2.45) is 0 Å². The summed E-state index contributed by atoms with van der Waals surface area (Å²) in [6.07, 6.45) is 3.45. The fraction of sp³-hybridized carbons (Fsp3) is 0.562. The van der Waals surface area contributed by atoms with Crippen LogP contribution in [-0.2, 0) is 4.74 Å². The number of nitrogens with zero attached hydrogens (tertiary/aromatic N) is 1. The van der Waals surface area contributed by atoms with Crippen LogP contribution in [-0.4, -0.2) is 38.8 Å². The fourth-order valence-corrected chi connectivity index (χ4v) is 2.68. The van der Waals surface area contributed by atoms with Crippen LogP contribution in [0.15, 0.2) is 18.2 Å². The number of anilines is 2. The lowest BCUT2D eigenvalue weighted by Crippen LogP contribution is -2.40. The van der Waals surface area contributed by atoms with Crippen molar-refractivity contribution in [3.05, 3.63) is 23.8 Å². The first kappa shape index (κ1) is 15.6. The summed E-state index contributed by atoms with van der Waals surface area (Å²) < 4.78 is 5.86. The van der Waals surface area contributed by atoms with Gasteiger partial charge in [-0.2, -0.15) is 0 Å². The zero-order chi connectivity index (χ0) is 15.2. The molecule has 1 amide bonds. The molecule has 2 rings (SSSR count). The molecule has 1 saturated heterocycles. The second-order valence-electron chi connectivity index (χ2n) is 5.43. The Hall–Kier alpha value is -1.75. The van der Waals surface area contributed by atoms with Crippen molar-refractivity contribution >= 4 is 17.3 Å². The number of nitrogens with one attached hydrogen (secondary N) is 1. The Labute approximate surface area is 126 Å². The Balaban J connectivity index is 2.14. The summed E-state index contributed by atoms with van der Waals surface area (Å²) in [7, 11) is 1.63. The molecule has 1 unspecified atom stereocenters. The summed E-state index contributed by atoms with van der Waals surface area (Å²) in [5, 5.41) is 2.64. The quantitative estimate of drug-likeness (QED) is 0.815. The SMILES string of the molecule is CCCOC1CCCN(c2cc(C(=O)NC)ccc2N)C1. The maximum atomic E-state index is 11.8. The highest BCUT2D eigenvalue weighted by molar-refractivity contribution is 5.96. The van der Waals surface area contributed by atoms with E-state index >= 15 is 0 Å². The topological polar surface area (TPSA) is 67.6 Å². The molecule has 1 heterocycles. The number of carbonyl (C=O) groups excluding carboxylic acids is 1. The van der Waals surface area contributed by atoms with E-state index in [-0.39, 0.29) is 12.0 Å². The fourth-order valence-electron chi connectivity index (χ4n) is 2.68. The minimum atomic E-state index is -0.0907. The van der Waals surface area contributed by atoms with Gasteiger partial charge in [-0.3, -0.25) is 4.79 Å². The average molecular weight is 291 g/mol. The molecule has 3 N–H and O–H groups in total. The van der Waals surface area contributed by atoms with E-state index in [9.17, 15) is 4.79 Å². The molecular formula is C16H25N3O2. The molecule has 1 aromatic rings. The Morgan fingerprint density at radius 3 is 3.05 bits per heavy atom. The van der Waals surface area contributed by atoms with Crippen LogP contribution in [0.25, 0.3) is 0 Å². The maximum absolute atomic E-state index is 11.8. The van der Waals surface area contributed by atoms with Crippen LogP contribution in [0.4, 0.5) is 11.4 Å². The molecule has 0 saturated carbocycles. The first-order valence-corrected chi connectivity index (χ1v) is 7.63. The molecule has 1 aromatic carbocycles. The summed E-state index contributed by atoms with van der Waals surface area (Å²) in [5.74, 6) is -0.0907. The van der Waals surface area contributed by atoms with Gasteiger partial charge < -0.3 is 20.7 Å². The molecule has 1 fully saturated rings. The lowest BCUT2D eigenvalue weighted by Gasteiger charge is -2.35. The lowest BCUT2D eigenvalue weighted by atomic mass is 10.1. The first-order chi connectivity index (χ1) is 10.2. The van der Waals surface area contributed by atoms with E-state index in [0.717, 1.165) is 44.6 Å². The van der Waals surface area contributed by atoms with Crippen molar-refractivity contribution in [3.63, 3.8) is 0 Å². The molecule has 1 aliphatic rings. The summed E-state index contributed by atoms with van der Waals surface area (Å²) in [6, 6.07) is 5.43. The van der Waals surface area contributed by atoms with Gasteiger partial charge in [0, 0.05) is 32.3 Å². The number of carbonyl (C=O) groups is 1. The summed E-state index contributed by atoms with van der Waals surface area (Å²) >= 11 is 0. The van der Waals surface area contributed by atoms with E-state index in [1.807, 2.05) is 6.07 Å². The number of nitrogens with two attached hydrogens (primary N) is 1. The maximum Gasteiger partial charge on any atom is 0.251 e. The monoisotopic (exact) mass is 291 g/mol. The second-order valence-corrected chi connectivity index (χ2v) is 5.43. The van der Waals surface area contributed by atoms with E-state index < -0.39 is 0 Å². The van der Waals surface area contributed by atoms with Crippen molar-refractivity contribution < 1.29 is 9.53 Å². The highest BCUT2D eigenvalue weighted by Crippen LogP contribution is 2.28. The van der Waals surface area contributed by atoms with Crippen LogP contribution in [0.2, 0.25) is 0 Å². The van der Waals surface area contributed by atoms with E-state index in [2.05, 4.69) is 17.1 Å². The summed E-state index contributed by atoms with van der Waals surface area (Å²) in [4.78, 5) is 14.0. The molecule has 5 nitrogen and oxygen atoms in total. The van der Waals surface area contributed by atoms with Crippen LogP contribution in [0.5, 0.6) is 0 Å². The van der Waals surface area contributed by atoms with Crippen molar-refractivity contribution in [2.75, 3.05) is 37.4 Å².